The molecule has 0 amide bonds. The van der Waals surface area contributed by atoms with Crippen molar-refractivity contribution in [3.63, 3.8) is 0 Å². The summed E-state index contributed by atoms with van der Waals surface area (Å²) in [4.78, 5) is 0. The Balaban J connectivity index is 2.49. The summed E-state index contributed by atoms with van der Waals surface area (Å²) in [7, 11) is 0. The number of benzene rings is 2. The lowest BCUT2D eigenvalue weighted by atomic mass is 9.94. The van der Waals surface area contributed by atoms with Gasteiger partial charge in [-0.15, -0.1) is 0 Å². The molecule has 0 saturated heterocycles. The zero-order valence-corrected chi connectivity index (χ0v) is 11.8. The van der Waals surface area contributed by atoms with Gasteiger partial charge in [0, 0.05) is 5.56 Å². The van der Waals surface area contributed by atoms with E-state index >= 15 is 0 Å². The first kappa shape index (κ1) is 13.8. The van der Waals surface area contributed by atoms with Gasteiger partial charge in [-0.3, -0.25) is 0 Å². The van der Waals surface area contributed by atoms with Crippen LogP contribution in [0.25, 0.3) is 0 Å². The van der Waals surface area contributed by atoms with Crippen LogP contribution in [0.2, 0.25) is 0 Å². The molecule has 1 N–H and O–H groups in total. The molecule has 0 aliphatic rings. The Morgan fingerprint density at radius 2 is 1.58 bits per heavy atom. The van der Waals surface area contributed by atoms with Crippen molar-refractivity contribution < 1.29 is 9.50 Å². The van der Waals surface area contributed by atoms with Gasteiger partial charge in [-0.1, -0.05) is 24.3 Å². The third-order valence-electron chi connectivity index (χ3n) is 3.60. The Kier molecular flexibility index (Phi) is 3.72. The van der Waals surface area contributed by atoms with Crippen LogP contribution >= 0.6 is 0 Å². The van der Waals surface area contributed by atoms with Crippen LogP contribution in [0.1, 0.15) is 39.5 Å². The van der Waals surface area contributed by atoms with Crippen LogP contribution < -0.4 is 0 Å². The molecule has 2 rings (SSSR count). The normalized spacial score (nSPS) is 12.5. The van der Waals surface area contributed by atoms with Crippen molar-refractivity contribution in [2.75, 3.05) is 0 Å². The molecule has 0 fully saturated rings. The van der Waals surface area contributed by atoms with Gasteiger partial charge in [0.1, 0.15) is 11.9 Å². The summed E-state index contributed by atoms with van der Waals surface area (Å²) in [6.45, 7) is 7.69. The molecule has 0 heterocycles. The summed E-state index contributed by atoms with van der Waals surface area (Å²) in [6.07, 6.45) is -0.917. The van der Waals surface area contributed by atoms with Crippen LogP contribution in [-0.2, 0) is 0 Å². The van der Waals surface area contributed by atoms with Crippen molar-refractivity contribution in [2.45, 2.75) is 33.8 Å². The summed E-state index contributed by atoms with van der Waals surface area (Å²) in [5.41, 5.74) is 5.01. The first-order chi connectivity index (χ1) is 8.90. The Hall–Kier alpha value is -1.67. The lowest BCUT2D eigenvalue weighted by Gasteiger charge is -2.17. The van der Waals surface area contributed by atoms with Crippen LogP contribution in [0.15, 0.2) is 30.3 Å². The molecule has 2 aromatic carbocycles. The van der Waals surface area contributed by atoms with Crippen LogP contribution in [0.4, 0.5) is 4.39 Å². The van der Waals surface area contributed by atoms with E-state index in [9.17, 15) is 9.50 Å². The smallest absolute Gasteiger partial charge is 0.129 e. The fourth-order valence-corrected chi connectivity index (χ4v) is 2.37. The van der Waals surface area contributed by atoms with E-state index in [1.54, 1.807) is 0 Å². The molecule has 2 heteroatoms. The second-order valence-electron chi connectivity index (χ2n) is 5.22. The third-order valence-corrected chi connectivity index (χ3v) is 3.60. The zero-order chi connectivity index (χ0) is 14.2. The van der Waals surface area contributed by atoms with Gasteiger partial charge in [0.2, 0.25) is 0 Å². The molecule has 0 aliphatic heterocycles. The summed E-state index contributed by atoms with van der Waals surface area (Å²) in [5, 5.41) is 10.4. The Bertz CT molecular complexity index is 594. The molecule has 1 atom stereocenters. The number of aliphatic hydroxyl groups is 1. The number of hydrogen-bond acceptors (Lipinski definition) is 1. The second kappa shape index (κ2) is 5.14. The van der Waals surface area contributed by atoms with Crippen LogP contribution in [0, 0.1) is 33.5 Å². The Morgan fingerprint density at radius 3 is 2.16 bits per heavy atom. The largest absolute Gasteiger partial charge is 0.384 e. The average molecular weight is 258 g/mol. The highest BCUT2D eigenvalue weighted by Crippen LogP contribution is 2.29. The minimum absolute atomic E-state index is 0.344. The third kappa shape index (κ3) is 2.69. The SMILES string of the molecule is Cc1cc(C)c(C(O)c2ccc(C)c(C)c2)c(F)c1. The van der Waals surface area contributed by atoms with E-state index in [0.717, 1.165) is 27.8 Å². The number of halogens is 1. The van der Waals surface area contributed by atoms with Gasteiger partial charge in [0.15, 0.2) is 0 Å². The van der Waals surface area contributed by atoms with Crippen molar-refractivity contribution in [3.8, 4) is 0 Å². The second-order valence-corrected chi connectivity index (χ2v) is 5.22. The van der Waals surface area contributed by atoms with E-state index in [2.05, 4.69) is 0 Å². The maximum atomic E-state index is 14.1. The Labute approximate surface area is 113 Å². The number of rotatable bonds is 2. The number of aryl methyl sites for hydroxylation is 4. The maximum Gasteiger partial charge on any atom is 0.129 e. The van der Waals surface area contributed by atoms with Gasteiger partial charge in [0.05, 0.1) is 0 Å². The van der Waals surface area contributed by atoms with Gasteiger partial charge >= 0.3 is 0 Å². The Morgan fingerprint density at radius 1 is 0.895 bits per heavy atom. The quantitative estimate of drug-likeness (QED) is 0.858. The van der Waals surface area contributed by atoms with Crippen molar-refractivity contribution in [1.82, 2.24) is 0 Å². The van der Waals surface area contributed by atoms with Crippen LogP contribution in [-0.4, -0.2) is 5.11 Å². The molecule has 0 bridgehead atoms. The molecule has 0 saturated carbocycles. The summed E-state index contributed by atoms with van der Waals surface area (Å²) < 4.78 is 14.1. The molecule has 1 unspecified atom stereocenters. The highest BCUT2D eigenvalue weighted by Gasteiger charge is 2.18. The standard InChI is InChI=1S/C17H19FO/c1-10-7-13(4)16(15(18)8-10)17(19)14-6-5-11(2)12(3)9-14/h5-9,17,19H,1-4H3. The zero-order valence-electron chi connectivity index (χ0n) is 11.8. The molecule has 0 spiro atoms. The molecular weight excluding hydrogens is 239 g/mol. The van der Waals surface area contributed by atoms with Gasteiger partial charge in [0.25, 0.3) is 0 Å². The number of aliphatic hydroxyl groups excluding tert-OH is 1. The van der Waals surface area contributed by atoms with Gasteiger partial charge in [-0.05, 0) is 61.6 Å². The highest BCUT2D eigenvalue weighted by atomic mass is 19.1. The molecule has 0 aliphatic carbocycles. The lowest BCUT2D eigenvalue weighted by Crippen LogP contribution is -2.06. The molecule has 100 valence electrons. The minimum Gasteiger partial charge on any atom is -0.384 e. The van der Waals surface area contributed by atoms with Gasteiger partial charge < -0.3 is 5.11 Å². The first-order valence-corrected chi connectivity index (χ1v) is 6.42. The van der Waals surface area contributed by atoms with Gasteiger partial charge in [-0.25, -0.2) is 4.39 Å². The van der Waals surface area contributed by atoms with Crippen molar-refractivity contribution in [2.24, 2.45) is 0 Å². The van der Waals surface area contributed by atoms with E-state index in [4.69, 9.17) is 0 Å². The van der Waals surface area contributed by atoms with Crippen molar-refractivity contribution in [3.05, 3.63) is 69.5 Å². The monoisotopic (exact) mass is 258 g/mol. The molecule has 19 heavy (non-hydrogen) atoms. The fraction of sp³-hybridized carbons (Fsp3) is 0.294. The van der Waals surface area contributed by atoms with E-state index in [1.807, 2.05) is 52.0 Å². The van der Waals surface area contributed by atoms with Gasteiger partial charge in [-0.2, -0.15) is 0 Å². The molecular formula is C17H19FO. The molecule has 1 nitrogen and oxygen atoms in total. The van der Waals surface area contributed by atoms with E-state index < -0.39 is 6.10 Å². The molecule has 0 radical (unpaired) electrons. The van der Waals surface area contributed by atoms with Crippen molar-refractivity contribution >= 4 is 0 Å². The minimum atomic E-state index is -0.917. The molecule has 2 aromatic rings. The maximum absolute atomic E-state index is 14.1. The van der Waals surface area contributed by atoms with Crippen molar-refractivity contribution in [1.29, 1.82) is 0 Å². The summed E-state index contributed by atoms with van der Waals surface area (Å²) in [5.74, 6) is -0.344. The van der Waals surface area contributed by atoms with E-state index in [-0.39, 0.29) is 5.82 Å². The molecule has 0 aromatic heterocycles. The van der Waals surface area contributed by atoms with Crippen LogP contribution in [0.3, 0.4) is 0 Å². The average Bonchev–Trinajstić information content (AvgIpc) is 2.31. The predicted octanol–water partition coefficient (Wildman–Crippen LogP) is 4.14. The fourth-order valence-electron chi connectivity index (χ4n) is 2.37. The van der Waals surface area contributed by atoms with Crippen LogP contribution in [0.5, 0.6) is 0 Å². The number of hydrogen-bond donors (Lipinski definition) is 1. The first-order valence-electron chi connectivity index (χ1n) is 6.42. The summed E-state index contributed by atoms with van der Waals surface area (Å²) in [6, 6.07) is 9.08. The highest BCUT2D eigenvalue weighted by molar-refractivity contribution is 5.40. The predicted molar refractivity (Wildman–Crippen MR) is 75.9 cm³/mol. The van der Waals surface area contributed by atoms with E-state index in [0.29, 0.717) is 5.56 Å². The summed E-state index contributed by atoms with van der Waals surface area (Å²) >= 11 is 0. The topological polar surface area (TPSA) is 20.2 Å². The lowest BCUT2D eigenvalue weighted by molar-refractivity contribution is 0.214. The van der Waals surface area contributed by atoms with E-state index in [1.165, 1.54) is 6.07 Å².